The van der Waals surface area contributed by atoms with Crippen LogP contribution in [0.25, 0.3) is 0 Å². The maximum absolute atomic E-state index is 11.9. The summed E-state index contributed by atoms with van der Waals surface area (Å²) in [5.74, 6) is -0.0440. The van der Waals surface area contributed by atoms with E-state index in [0.29, 0.717) is 24.5 Å². The molecule has 1 amide bonds. The Hall–Kier alpha value is -3.12. The smallest absolute Gasteiger partial charge is 0.306 e. The average Bonchev–Trinajstić information content (AvgIpc) is 3.25. The molecule has 0 spiro atoms. The maximum atomic E-state index is 11.9. The zero-order valence-corrected chi connectivity index (χ0v) is 16.1. The Kier molecular flexibility index (Phi) is 7.21. The second-order valence-electron chi connectivity index (χ2n) is 6.09. The van der Waals surface area contributed by atoms with E-state index >= 15 is 0 Å². The van der Waals surface area contributed by atoms with Crippen molar-refractivity contribution < 1.29 is 19.1 Å². The molecule has 0 unspecified atom stereocenters. The van der Waals surface area contributed by atoms with Gasteiger partial charge < -0.3 is 14.8 Å². The Balaban J connectivity index is 1.37. The largest absolute Gasteiger partial charge is 0.489 e. The molecule has 3 aromatic rings. The van der Waals surface area contributed by atoms with Gasteiger partial charge in [-0.05, 0) is 47.7 Å². The first-order valence-electron chi connectivity index (χ1n) is 8.94. The van der Waals surface area contributed by atoms with E-state index in [-0.39, 0.29) is 24.9 Å². The van der Waals surface area contributed by atoms with E-state index in [4.69, 9.17) is 9.47 Å². The van der Waals surface area contributed by atoms with Crippen LogP contribution in [0.1, 0.15) is 16.9 Å². The van der Waals surface area contributed by atoms with Crippen LogP contribution in [0, 0.1) is 0 Å². The lowest BCUT2D eigenvalue weighted by atomic mass is 10.2. The number of aryl methyl sites for hydroxylation is 1. The third-order valence-electron chi connectivity index (χ3n) is 3.91. The number of hydrogen-bond acceptors (Lipinski definition) is 5. The number of ether oxygens (including phenoxy) is 2. The van der Waals surface area contributed by atoms with Gasteiger partial charge in [0, 0.05) is 10.6 Å². The summed E-state index contributed by atoms with van der Waals surface area (Å²) in [6, 6.07) is 20.9. The normalized spacial score (nSPS) is 10.3. The summed E-state index contributed by atoms with van der Waals surface area (Å²) in [4.78, 5) is 24.8. The molecule has 1 aromatic heterocycles. The van der Waals surface area contributed by atoms with Crippen molar-refractivity contribution in [1.82, 2.24) is 0 Å². The first-order valence-corrected chi connectivity index (χ1v) is 9.81. The zero-order chi connectivity index (χ0) is 19.6. The standard InChI is InChI=1S/C22H21NO4S/c24-21(16-27-22(25)13-12-20-7-4-14-28-20)23-18-8-10-19(11-9-18)26-15-17-5-2-1-3-6-17/h1-11,14H,12-13,15-16H2,(H,23,24). The predicted molar refractivity (Wildman–Crippen MR) is 109 cm³/mol. The lowest BCUT2D eigenvalue weighted by molar-refractivity contribution is -0.147. The fraction of sp³-hybridized carbons (Fsp3) is 0.182. The number of rotatable bonds is 9. The van der Waals surface area contributed by atoms with Crippen molar-refractivity contribution in [2.45, 2.75) is 19.4 Å². The van der Waals surface area contributed by atoms with E-state index in [1.807, 2.05) is 47.8 Å². The van der Waals surface area contributed by atoms with Crippen LogP contribution in [0.4, 0.5) is 5.69 Å². The number of thiophene rings is 1. The summed E-state index contributed by atoms with van der Waals surface area (Å²) in [7, 11) is 0. The van der Waals surface area contributed by atoms with E-state index < -0.39 is 0 Å². The summed E-state index contributed by atoms with van der Waals surface area (Å²) < 4.78 is 10.7. The highest BCUT2D eigenvalue weighted by atomic mass is 32.1. The van der Waals surface area contributed by atoms with Crippen LogP contribution >= 0.6 is 11.3 Å². The molecular weight excluding hydrogens is 374 g/mol. The fourth-order valence-corrected chi connectivity index (χ4v) is 3.18. The third-order valence-corrected chi connectivity index (χ3v) is 4.84. The van der Waals surface area contributed by atoms with Crippen LogP contribution in [0.15, 0.2) is 72.1 Å². The van der Waals surface area contributed by atoms with Crippen LogP contribution in [-0.2, 0) is 27.4 Å². The zero-order valence-electron chi connectivity index (χ0n) is 15.3. The Labute approximate surface area is 167 Å². The maximum Gasteiger partial charge on any atom is 0.306 e. The van der Waals surface area contributed by atoms with Crippen LogP contribution in [0.5, 0.6) is 5.75 Å². The van der Waals surface area contributed by atoms with Gasteiger partial charge in [0.05, 0.1) is 6.42 Å². The predicted octanol–water partition coefficient (Wildman–Crippen LogP) is 4.44. The molecular formula is C22H21NO4S. The molecule has 6 heteroatoms. The Morgan fingerprint density at radius 2 is 1.71 bits per heavy atom. The topological polar surface area (TPSA) is 64.6 Å². The molecule has 0 aliphatic carbocycles. The van der Waals surface area contributed by atoms with Crippen LogP contribution in [0.2, 0.25) is 0 Å². The SMILES string of the molecule is O=C(COC(=O)CCc1cccs1)Nc1ccc(OCc2ccccc2)cc1. The molecule has 1 heterocycles. The van der Waals surface area contributed by atoms with E-state index in [1.165, 1.54) is 0 Å². The molecule has 0 aliphatic rings. The Bertz CT molecular complexity index is 877. The second kappa shape index (κ2) is 10.3. The van der Waals surface area contributed by atoms with Crippen molar-refractivity contribution in [3.63, 3.8) is 0 Å². The van der Waals surface area contributed by atoms with E-state index in [9.17, 15) is 9.59 Å². The van der Waals surface area contributed by atoms with Gasteiger partial charge in [0.1, 0.15) is 12.4 Å². The molecule has 0 radical (unpaired) electrons. The fourth-order valence-electron chi connectivity index (χ4n) is 2.47. The van der Waals surface area contributed by atoms with Crippen molar-refractivity contribution >= 4 is 28.9 Å². The minimum atomic E-state index is -0.381. The minimum Gasteiger partial charge on any atom is -0.489 e. The van der Waals surface area contributed by atoms with Crippen LogP contribution in [-0.4, -0.2) is 18.5 Å². The van der Waals surface area contributed by atoms with E-state index in [2.05, 4.69) is 5.32 Å². The van der Waals surface area contributed by atoms with Crippen LogP contribution in [0.3, 0.4) is 0 Å². The van der Waals surface area contributed by atoms with Crippen molar-refractivity contribution in [2.75, 3.05) is 11.9 Å². The molecule has 144 valence electrons. The summed E-state index contributed by atoms with van der Waals surface area (Å²) in [6.45, 7) is 0.184. The molecule has 0 saturated carbocycles. The lowest BCUT2D eigenvalue weighted by Gasteiger charge is -2.09. The third kappa shape index (κ3) is 6.55. The molecule has 0 bridgehead atoms. The van der Waals surface area contributed by atoms with Crippen LogP contribution < -0.4 is 10.1 Å². The molecule has 28 heavy (non-hydrogen) atoms. The van der Waals surface area contributed by atoms with Gasteiger partial charge in [-0.15, -0.1) is 11.3 Å². The second-order valence-corrected chi connectivity index (χ2v) is 7.12. The van der Waals surface area contributed by atoms with Crippen molar-refractivity contribution in [3.05, 3.63) is 82.6 Å². The molecule has 3 rings (SSSR count). The number of carbonyl (C=O) groups is 2. The number of carbonyl (C=O) groups excluding carboxylic acids is 2. The quantitative estimate of drug-likeness (QED) is 0.544. The first kappa shape index (κ1) is 19.6. The molecule has 0 fully saturated rings. The summed E-state index contributed by atoms with van der Waals surface area (Å²) in [5, 5.41) is 4.66. The summed E-state index contributed by atoms with van der Waals surface area (Å²) in [6.07, 6.45) is 0.893. The monoisotopic (exact) mass is 395 g/mol. The van der Waals surface area contributed by atoms with Gasteiger partial charge in [-0.1, -0.05) is 36.4 Å². The number of nitrogens with one attached hydrogen (secondary N) is 1. The van der Waals surface area contributed by atoms with Gasteiger partial charge in [0.15, 0.2) is 6.61 Å². The highest BCUT2D eigenvalue weighted by molar-refractivity contribution is 7.09. The number of hydrogen-bond donors (Lipinski definition) is 1. The number of esters is 1. The molecule has 0 saturated heterocycles. The molecule has 2 aromatic carbocycles. The minimum absolute atomic E-state index is 0.265. The highest BCUT2D eigenvalue weighted by Crippen LogP contribution is 2.17. The number of benzene rings is 2. The number of anilines is 1. The van der Waals surface area contributed by atoms with Gasteiger partial charge in [-0.25, -0.2) is 0 Å². The summed E-state index contributed by atoms with van der Waals surface area (Å²) >= 11 is 1.60. The Morgan fingerprint density at radius 1 is 0.929 bits per heavy atom. The lowest BCUT2D eigenvalue weighted by Crippen LogP contribution is -2.20. The van der Waals surface area contributed by atoms with Gasteiger partial charge >= 0.3 is 5.97 Å². The van der Waals surface area contributed by atoms with Gasteiger partial charge in [-0.2, -0.15) is 0 Å². The van der Waals surface area contributed by atoms with Crippen molar-refractivity contribution in [1.29, 1.82) is 0 Å². The molecule has 5 nitrogen and oxygen atoms in total. The Morgan fingerprint density at radius 3 is 2.43 bits per heavy atom. The highest BCUT2D eigenvalue weighted by Gasteiger charge is 2.09. The summed E-state index contributed by atoms with van der Waals surface area (Å²) in [5.41, 5.74) is 1.70. The van der Waals surface area contributed by atoms with Gasteiger partial charge in [0.2, 0.25) is 0 Å². The van der Waals surface area contributed by atoms with Crippen molar-refractivity contribution in [3.8, 4) is 5.75 Å². The molecule has 0 aliphatic heterocycles. The van der Waals surface area contributed by atoms with Gasteiger partial charge in [0.25, 0.3) is 5.91 Å². The average molecular weight is 395 g/mol. The van der Waals surface area contributed by atoms with Gasteiger partial charge in [-0.3, -0.25) is 9.59 Å². The number of amides is 1. The molecule has 1 N–H and O–H groups in total. The van der Waals surface area contributed by atoms with E-state index in [0.717, 1.165) is 10.4 Å². The van der Waals surface area contributed by atoms with E-state index in [1.54, 1.807) is 35.6 Å². The molecule has 0 atom stereocenters. The first-order chi connectivity index (χ1) is 13.7. The van der Waals surface area contributed by atoms with Crippen molar-refractivity contribution in [2.24, 2.45) is 0 Å².